The highest BCUT2D eigenvalue weighted by atomic mass is 16.5. The highest BCUT2D eigenvalue weighted by molar-refractivity contribution is 6.10. The van der Waals surface area contributed by atoms with E-state index < -0.39 is 6.10 Å². The van der Waals surface area contributed by atoms with Crippen LogP contribution in [-0.2, 0) is 9.47 Å². The van der Waals surface area contributed by atoms with Gasteiger partial charge >= 0.3 is 0 Å². The molecule has 6 rings (SSSR count). The Morgan fingerprint density at radius 3 is 1.56 bits per heavy atom. The minimum Gasteiger partial charge on any atom is -0.496 e. The van der Waals surface area contributed by atoms with E-state index in [1.807, 2.05) is 97.1 Å². The minimum absolute atomic E-state index is 0.00475. The van der Waals surface area contributed by atoms with Crippen LogP contribution >= 0.6 is 0 Å². The molecule has 0 radical (unpaired) electrons. The van der Waals surface area contributed by atoms with Gasteiger partial charge in [0.05, 0.1) is 33.0 Å². The quantitative estimate of drug-likeness (QED) is 0.182. The summed E-state index contributed by atoms with van der Waals surface area (Å²) >= 11 is 0. The molecular weight excluding hydrogens is 673 g/mol. The number of carbonyl (C=O) groups is 1. The maximum atomic E-state index is 12.9. The van der Waals surface area contributed by atoms with Crippen LogP contribution in [0.3, 0.4) is 0 Å². The molecule has 0 saturated carbocycles. The van der Waals surface area contributed by atoms with Gasteiger partial charge in [-0.05, 0) is 45.7 Å². The number of methoxy groups -OCH3 is 2. The number of ketones is 1. The first-order chi connectivity index (χ1) is 25.3. The largest absolute Gasteiger partial charge is 0.496 e. The number of carbonyl (C=O) groups excluding carboxylic acids is 1. The van der Waals surface area contributed by atoms with Crippen molar-refractivity contribution in [2.45, 2.75) is 75.3 Å². The molecule has 0 bridgehead atoms. The summed E-state index contributed by atoms with van der Waals surface area (Å²) < 4.78 is 23.4. The Balaban J connectivity index is 0.000000208. The van der Waals surface area contributed by atoms with Crippen LogP contribution in [0.15, 0.2) is 108 Å². The van der Waals surface area contributed by atoms with E-state index >= 15 is 0 Å². The average molecular weight is 731 g/mol. The van der Waals surface area contributed by atoms with Crippen LogP contribution in [-0.4, -0.2) is 38.3 Å². The van der Waals surface area contributed by atoms with Gasteiger partial charge in [-0.15, -0.1) is 0 Å². The summed E-state index contributed by atoms with van der Waals surface area (Å²) in [6.07, 6.45) is -0.729. The highest BCUT2D eigenvalue weighted by Gasteiger charge is 2.42. The Morgan fingerprint density at radius 2 is 1.09 bits per heavy atom. The van der Waals surface area contributed by atoms with E-state index in [0.717, 1.165) is 33.8 Å². The van der Waals surface area contributed by atoms with Gasteiger partial charge in [0.1, 0.15) is 29.1 Å². The average Bonchev–Trinajstić information content (AvgIpc) is 3.66. The standard InChI is InChI=1S/C24H30O3.C24H28O3/c2*1-23(2,3)22-21(27-15-24(22,4)5)17-12-13-18(19(14-17)26-6)20(25)16-10-8-7-9-11-16/h7-14,20,25H,15H2,1-6H3;7-14H,15H2,1-6H3. The highest BCUT2D eigenvalue weighted by Crippen LogP contribution is 2.51. The fourth-order valence-corrected chi connectivity index (χ4v) is 8.23. The topological polar surface area (TPSA) is 74.2 Å². The van der Waals surface area contributed by atoms with Gasteiger partial charge in [0.2, 0.25) is 0 Å². The van der Waals surface area contributed by atoms with E-state index in [2.05, 4.69) is 69.2 Å². The van der Waals surface area contributed by atoms with Crippen LogP contribution in [0.5, 0.6) is 11.5 Å². The zero-order valence-corrected chi connectivity index (χ0v) is 34.2. The van der Waals surface area contributed by atoms with Crippen molar-refractivity contribution in [3.05, 3.63) is 142 Å². The molecule has 286 valence electrons. The van der Waals surface area contributed by atoms with E-state index in [1.165, 1.54) is 11.1 Å². The van der Waals surface area contributed by atoms with E-state index in [-0.39, 0.29) is 27.4 Å². The van der Waals surface area contributed by atoms with Crippen LogP contribution in [0.2, 0.25) is 0 Å². The maximum Gasteiger partial charge on any atom is 0.196 e. The van der Waals surface area contributed by atoms with Crippen LogP contribution in [0, 0.1) is 21.7 Å². The van der Waals surface area contributed by atoms with Crippen molar-refractivity contribution in [1.82, 2.24) is 0 Å². The molecular formula is C48H58O6. The first-order valence-corrected chi connectivity index (χ1v) is 18.8. The molecule has 0 spiro atoms. The molecule has 54 heavy (non-hydrogen) atoms. The van der Waals surface area contributed by atoms with E-state index in [4.69, 9.17) is 18.9 Å². The molecule has 1 N–H and O–H groups in total. The normalized spacial score (nSPS) is 16.9. The number of ether oxygens (including phenoxy) is 4. The van der Waals surface area contributed by atoms with Gasteiger partial charge in [-0.25, -0.2) is 0 Å². The molecule has 6 nitrogen and oxygen atoms in total. The second kappa shape index (κ2) is 15.5. The first kappa shape index (κ1) is 40.4. The fraction of sp³-hybridized carbons (Fsp3) is 0.396. The molecule has 0 saturated heterocycles. The molecule has 0 aliphatic carbocycles. The summed E-state index contributed by atoms with van der Waals surface area (Å²) in [5.74, 6) is 3.03. The monoisotopic (exact) mass is 730 g/mol. The lowest BCUT2D eigenvalue weighted by molar-refractivity contribution is 0.103. The Labute approximate surface area is 322 Å². The molecule has 1 atom stereocenters. The molecule has 6 heteroatoms. The van der Waals surface area contributed by atoms with Crippen molar-refractivity contribution >= 4 is 17.3 Å². The molecule has 0 aromatic heterocycles. The zero-order valence-electron chi connectivity index (χ0n) is 34.2. The first-order valence-electron chi connectivity index (χ1n) is 18.8. The van der Waals surface area contributed by atoms with Crippen molar-refractivity contribution in [2.75, 3.05) is 27.4 Å². The molecule has 2 aliphatic heterocycles. The summed E-state index contributed by atoms with van der Waals surface area (Å²) in [6, 6.07) is 30.5. The fourth-order valence-electron chi connectivity index (χ4n) is 8.23. The van der Waals surface area contributed by atoms with Crippen LogP contribution in [0.4, 0.5) is 0 Å². The molecule has 1 unspecified atom stereocenters. The molecule has 4 aromatic rings. The van der Waals surface area contributed by atoms with Gasteiger partial charge in [0.15, 0.2) is 5.78 Å². The van der Waals surface area contributed by atoms with Gasteiger partial charge in [-0.2, -0.15) is 0 Å². The SMILES string of the molecule is COc1cc(C2=C(C(C)(C)C)C(C)(C)CO2)ccc1C(=O)c1ccccc1.COc1cc(C2=C(C(C)(C)C)C(C)(C)CO2)ccc1C(O)c1ccccc1. The van der Waals surface area contributed by atoms with Crippen molar-refractivity contribution in [3.8, 4) is 11.5 Å². The third-order valence-corrected chi connectivity index (χ3v) is 10.1. The summed E-state index contributed by atoms with van der Waals surface area (Å²) in [7, 11) is 3.23. The van der Waals surface area contributed by atoms with Crippen LogP contribution < -0.4 is 9.47 Å². The molecule has 2 aliphatic rings. The second-order valence-corrected chi connectivity index (χ2v) is 17.6. The van der Waals surface area contributed by atoms with Crippen molar-refractivity contribution in [3.63, 3.8) is 0 Å². The molecule has 4 aromatic carbocycles. The number of rotatable bonds is 8. The number of hydrogen-bond acceptors (Lipinski definition) is 6. The van der Waals surface area contributed by atoms with Gasteiger partial charge in [0.25, 0.3) is 0 Å². The molecule has 2 heterocycles. The van der Waals surface area contributed by atoms with Crippen molar-refractivity contribution in [2.24, 2.45) is 21.7 Å². The third kappa shape index (κ3) is 8.44. The number of aliphatic hydroxyl groups excluding tert-OH is 1. The third-order valence-electron chi connectivity index (χ3n) is 10.1. The summed E-state index contributed by atoms with van der Waals surface area (Å²) in [6.45, 7) is 23.5. The predicted molar refractivity (Wildman–Crippen MR) is 219 cm³/mol. The lowest BCUT2D eigenvalue weighted by atomic mass is 9.71. The summed E-state index contributed by atoms with van der Waals surface area (Å²) in [5.41, 5.74) is 7.30. The van der Waals surface area contributed by atoms with Gasteiger partial charge in [-0.1, -0.05) is 148 Å². The van der Waals surface area contributed by atoms with E-state index in [1.54, 1.807) is 14.2 Å². The van der Waals surface area contributed by atoms with Crippen LogP contribution in [0.1, 0.15) is 114 Å². The van der Waals surface area contributed by atoms with Crippen molar-refractivity contribution in [1.29, 1.82) is 0 Å². The van der Waals surface area contributed by atoms with Crippen molar-refractivity contribution < 1.29 is 28.8 Å². The predicted octanol–water partition coefficient (Wildman–Crippen LogP) is 11.3. The second-order valence-electron chi connectivity index (χ2n) is 17.6. The summed E-state index contributed by atoms with van der Waals surface area (Å²) in [4.78, 5) is 12.9. The van der Waals surface area contributed by atoms with E-state index in [9.17, 15) is 9.90 Å². The number of benzene rings is 4. The maximum absolute atomic E-state index is 12.9. The zero-order chi connectivity index (χ0) is 39.6. The van der Waals surface area contributed by atoms with E-state index in [0.29, 0.717) is 35.8 Å². The Kier molecular flexibility index (Phi) is 11.6. The van der Waals surface area contributed by atoms with Gasteiger partial charge in [0, 0.05) is 33.1 Å². The lowest BCUT2D eigenvalue weighted by Gasteiger charge is -2.31. The number of aliphatic hydroxyl groups is 1. The smallest absolute Gasteiger partial charge is 0.196 e. The minimum atomic E-state index is -0.729. The lowest BCUT2D eigenvalue weighted by Crippen LogP contribution is -2.24. The molecule has 0 fully saturated rings. The Bertz CT molecular complexity index is 2020. The van der Waals surface area contributed by atoms with Gasteiger partial charge < -0.3 is 24.1 Å². The summed E-state index contributed by atoms with van der Waals surface area (Å²) in [5, 5.41) is 10.8. The Hall–Kier alpha value is -4.81. The van der Waals surface area contributed by atoms with Crippen LogP contribution in [0.25, 0.3) is 11.5 Å². The number of hydrogen-bond donors (Lipinski definition) is 1. The molecule has 0 amide bonds. The van der Waals surface area contributed by atoms with Gasteiger partial charge in [-0.3, -0.25) is 4.79 Å². The Morgan fingerprint density at radius 1 is 0.648 bits per heavy atom.